The molecule has 17 heavy (non-hydrogen) atoms. The van der Waals surface area contributed by atoms with E-state index in [-0.39, 0.29) is 17.0 Å². The fourth-order valence-corrected chi connectivity index (χ4v) is 2.60. The van der Waals surface area contributed by atoms with E-state index < -0.39 is 22.0 Å². The lowest BCUT2D eigenvalue weighted by Crippen LogP contribution is -2.59. The van der Waals surface area contributed by atoms with Gasteiger partial charge in [-0.2, -0.15) is 13.2 Å². The lowest BCUT2D eigenvalue weighted by molar-refractivity contribution is -0.192. The molecule has 2 N–H and O–H groups in total. The summed E-state index contributed by atoms with van der Waals surface area (Å²) in [6, 6.07) is 0.157. The number of hydrogen-bond acceptors (Lipinski definition) is 4. The zero-order valence-electron chi connectivity index (χ0n) is 9.28. The van der Waals surface area contributed by atoms with Gasteiger partial charge in [-0.15, -0.1) is 0 Å². The molecule has 0 spiro atoms. The normalized spacial score (nSPS) is 24.3. The lowest BCUT2D eigenvalue weighted by atomic mass is 10.1. The van der Waals surface area contributed by atoms with Crippen molar-refractivity contribution in [3.05, 3.63) is 0 Å². The van der Waals surface area contributed by atoms with E-state index >= 15 is 0 Å². The van der Waals surface area contributed by atoms with Crippen LogP contribution in [0.25, 0.3) is 0 Å². The smallest absolute Gasteiger partial charge is 0.475 e. The van der Waals surface area contributed by atoms with Crippen molar-refractivity contribution < 1.29 is 31.5 Å². The minimum atomic E-state index is -5.08. The Morgan fingerprint density at radius 1 is 1.47 bits per heavy atom. The molecule has 0 radical (unpaired) electrons. The summed E-state index contributed by atoms with van der Waals surface area (Å²) in [5.74, 6) is -2.49. The molecule has 1 heterocycles. The van der Waals surface area contributed by atoms with Crippen LogP contribution < -0.4 is 5.32 Å². The van der Waals surface area contributed by atoms with Gasteiger partial charge in [0.25, 0.3) is 0 Å². The Balaban J connectivity index is 0.000000325. The highest BCUT2D eigenvalue weighted by molar-refractivity contribution is 7.92. The molecule has 9 heteroatoms. The SMILES string of the molecule is CCS(=O)(=O)[C@H]1CN[C@@H]1C.O=C(O)C(F)(F)F. The highest BCUT2D eigenvalue weighted by atomic mass is 32.2. The van der Waals surface area contributed by atoms with Crippen LogP contribution in [0.3, 0.4) is 0 Å². The summed E-state index contributed by atoms with van der Waals surface area (Å²) >= 11 is 0. The molecular weight excluding hydrogens is 263 g/mol. The summed E-state index contributed by atoms with van der Waals surface area (Å²) in [6.07, 6.45) is -5.08. The molecule has 1 aliphatic rings. The summed E-state index contributed by atoms with van der Waals surface area (Å²) in [7, 11) is -2.77. The minimum absolute atomic E-state index is 0.127. The summed E-state index contributed by atoms with van der Waals surface area (Å²) < 4.78 is 54.0. The van der Waals surface area contributed by atoms with Crippen molar-refractivity contribution in [3.8, 4) is 0 Å². The fourth-order valence-electron chi connectivity index (χ4n) is 1.10. The van der Waals surface area contributed by atoms with Crippen LogP contribution in [-0.4, -0.2) is 49.3 Å². The Morgan fingerprint density at radius 3 is 1.94 bits per heavy atom. The minimum Gasteiger partial charge on any atom is -0.475 e. The van der Waals surface area contributed by atoms with Crippen molar-refractivity contribution >= 4 is 15.8 Å². The van der Waals surface area contributed by atoms with Gasteiger partial charge in [0.05, 0.1) is 5.25 Å². The molecule has 0 bridgehead atoms. The largest absolute Gasteiger partial charge is 0.490 e. The molecule has 0 aromatic carbocycles. The zero-order chi connectivity index (χ0) is 13.9. The van der Waals surface area contributed by atoms with Gasteiger partial charge in [-0.25, -0.2) is 13.2 Å². The maximum atomic E-state index is 11.2. The van der Waals surface area contributed by atoms with Crippen LogP contribution in [0.2, 0.25) is 0 Å². The quantitative estimate of drug-likeness (QED) is 0.764. The van der Waals surface area contributed by atoms with Crippen LogP contribution in [0.4, 0.5) is 13.2 Å². The maximum Gasteiger partial charge on any atom is 0.490 e. The number of hydrogen-bond donors (Lipinski definition) is 2. The highest BCUT2D eigenvalue weighted by Gasteiger charge is 2.38. The molecule has 1 fully saturated rings. The molecule has 102 valence electrons. The molecule has 1 rings (SSSR count). The van der Waals surface area contributed by atoms with E-state index in [0.29, 0.717) is 6.54 Å². The van der Waals surface area contributed by atoms with Gasteiger partial charge in [0.15, 0.2) is 9.84 Å². The van der Waals surface area contributed by atoms with Crippen LogP contribution in [0, 0.1) is 0 Å². The van der Waals surface area contributed by atoms with Crippen molar-refractivity contribution in [2.75, 3.05) is 12.3 Å². The van der Waals surface area contributed by atoms with Crippen molar-refractivity contribution in [2.45, 2.75) is 31.3 Å². The number of carboxylic acid groups (broad SMARTS) is 1. The molecule has 2 atom stereocenters. The van der Waals surface area contributed by atoms with E-state index in [9.17, 15) is 21.6 Å². The van der Waals surface area contributed by atoms with Gasteiger partial charge in [-0.1, -0.05) is 6.92 Å². The summed E-state index contributed by atoms with van der Waals surface area (Å²) in [5.41, 5.74) is 0. The number of alkyl halides is 3. The van der Waals surface area contributed by atoms with Gasteiger partial charge >= 0.3 is 12.1 Å². The summed E-state index contributed by atoms with van der Waals surface area (Å²) in [5, 5.41) is 10.0. The molecule has 5 nitrogen and oxygen atoms in total. The monoisotopic (exact) mass is 277 g/mol. The van der Waals surface area contributed by atoms with Crippen LogP contribution in [0.5, 0.6) is 0 Å². The van der Waals surface area contributed by atoms with Gasteiger partial charge in [-0.05, 0) is 6.92 Å². The molecular formula is C8H14F3NO4S. The van der Waals surface area contributed by atoms with E-state index in [2.05, 4.69) is 5.32 Å². The standard InChI is InChI=1S/C6H13NO2S.C2HF3O2/c1-3-10(8,9)6-4-7-5(6)2;3-2(4,5)1(6)7/h5-7H,3-4H2,1-2H3;(H,6,7)/t5-,6+;/m1./s1. The Hall–Kier alpha value is -0.830. The number of sulfone groups is 1. The second kappa shape index (κ2) is 5.67. The van der Waals surface area contributed by atoms with E-state index in [0.717, 1.165) is 0 Å². The van der Waals surface area contributed by atoms with Crippen molar-refractivity contribution in [3.63, 3.8) is 0 Å². The van der Waals surface area contributed by atoms with Crippen LogP contribution in [-0.2, 0) is 14.6 Å². The molecule has 0 aromatic heterocycles. The Labute approximate surface area is 96.9 Å². The third-order valence-corrected chi connectivity index (χ3v) is 4.61. The second-order valence-electron chi connectivity index (χ2n) is 3.49. The van der Waals surface area contributed by atoms with Gasteiger partial charge in [0.2, 0.25) is 0 Å². The average Bonchev–Trinajstić information content (AvgIpc) is 2.14. The fraction of sp³-hybridized carbons (Fsp3) is 0.875. The third-order valence-electron chi connectivity index (χ3n) is 2.30. The van der Waals surface area contributed by atoms with Crippen LogP contribution >= 0.6 is 0 Å². The molecule has 0 aromatic rings. The molecule has 0 saturated carbocycles. The first-order valence-corrected chi connectivity index (χ1v) is 6.49. The second-order valence-corrected chi connectivity index (χ2v) is 6.00. The predicted octanol–water partition coefficient (Wildman–Crippen LogP) is 0.415. The molecule has 0 unspecified atom stereocenters. The molecule has 0 aliphatic carbocycles. The third kappa shape index (κ3) is 4.90. The number of nitrogens with one attached hydrogen (secondary N) is 1. The van der Waals surface area contributed by atoms with Gasteiger partial charge < -0.3 is 10.4 Å². The Morgan fingerprint density at radius 2 is 1.88 bits per heavy atom. The van der Waals surface area contributed by atoms with E-state index in [4.69, 9.17) is 9.90 Å². The number of rotatable bonds is 2. The summed E-state index contributed by atoms with van der Waals surface area (Å²) in [4.78, 5) is 8.90. The first kappa shape index (κ1) is 16.2. The highest BCUT2D eigenvalue weighted by Crippen LogP contribution is 2.14. The van der Waals surface area contributed by atoms with Crippen molar-refractivity contribution in [1.82, 2.24) is 5.32 Å². The first-order chi connectivity index (χ1) is 7.52. The summed E-state index contributed by atoms with van der Waals surface area (Å²) in [6.45, 7) is 4.24. The first-order valence-electron chi connectivity index (χ1n) is 4.77. The molecule has 0 amide bonds. The number of aliphatic carboxylic acids is 1. The Bertz CT molecular complexity index is 365. The Kier molecular flexibility index (Phi) is 5.40. The maximum absolute atomic E-state index is 11.2. The van der Waals surface area contributed by atoms with E-state index in [1.54, 1.807) is 6.92 Å². The van der Waals surface area contributed by atoms with E-state index in [1.165, 1.54) is 0 Å². The number of carboxylic acids is 1. The van der Waals surface area contributed by atoms with E-state index in [1.807, 2.05) is 6.92 Å². The average molecular weight is 277 g/mol. The van der Waals surface area contributed by atoms with Crippen molar-refractivity contribution in [1.29, 1.82) is 0 Å². The van der Waals surface area contributed by atoms with Gasteiger partial charge in [0.1, 0.15) is 0 Å². The number of carbonyl (C=O) groups is 1. The van der Waals surface area contributed by atoms with Crippen LogP contribution in [0.15, 0.2) is 0 Å². The van der Waals surface area contributed by atoms with Crippen LogP contribution in [0.1, 0.15) is 13.8 Å². The van der Waals surface area contributed by atoms with Gasteiger partial charge in [-0.3, -0.25) is 0 Å². The molecule has 1 aliphatic heterocycles. The van der Waals surface area contributed by atoms with Crippen molar-refractivity contribution in [2.24, 2.45) is 0 Å². The van der Waals surface area contributed by atoms with Gasteiger partial charge in [0, 0.05) is 18.3 Å². The molecule has 1 saturated heterocycles. The topological polar surface area (TPSA) is 83.5 Å². The number of halogens is 3. The zero-order valence-corrected chi connectivity index (χ0v) is 10.1. The lowest BCUT2D eigenvalue weighted by Gasteiger charge is -2.34. The predicted molar refractivity (Wildman–Crippen MR) is 54.4 cm³/mol.